The average Bonchev–Trinajstić information content (AvgIpc) is 2.00. The summed E-state index contributed by atoms with van der Waals surface area (Å²) in [5.41, 5.74) is 5.69. The van der Waals surface area contributed by atoms with Crippen molar-refractivity contribution >= 4 is 5.97 Å². The Kier molecular flexibility index (Phi) is 4.11. The van der Waals surface area contributed by atoms with Crippen molar-refractivity contribution in [2.45, 2.75) is 33.2 Å². The smallest absolute Gasteiger partial charge is 0.307 e. The fourth-order valence-corrected chi connectivity index (χ4v) is 0.930. The van der Waals surface area contributed by atoms with Crippen LogP contribution < -0.4 is 5.73 Å². The second-order valence-electron chi connectivity index (χ2n) is 3.09. The van der Waals surface area contributed by atoms with Gasteiger partial charge in [-0.25, -0.2) is 0 Å². The van der Waals surface area contributed by atoms with Crippen LogP contribution >= 0.6 is 0 Å². The van der Waals surface area contributed by atoms with Crippen molar-refractivity contribution < 1.29 is 9.90 Å². The van der Waals surface area contributed by atoms with Gasteiger partial charge in [0.15, 0.2) is 0 Å². The zero-order valence-electron chi connectivity index (χ0n) is 7.37. The molecule has 3 heteroatoms. The molecule has 0 aromatic carbocycles. The van der Waals surface area contributed by atoms with Gasteiger partial charge >= 0.3 is 5.97 Å². The number of carboxylic acid groups (broad SMARTS) is 1. The highest BCUT2D eigenvalue weighted by Crippen LogP contribution is 2.13. The molecular formula is C8H17NO2. The average molecular weight is 159 g/mol. The molecule has 0 saturated heterocycles. The summed E-state index contributed by atoms with van der Waals surface area (Å²) in [5, 5.41) is 8.62. The maximum atomic E-state index is 10.5. The zero-order chi connectivity index (χ0) is 9.02. The molecular weight excluding hydrogens is 142 g/mol. The van der Waals surface area contributed by atoms with Crippen molar-refractivity contribution in [3.8, 4) is 0 Å². The summed E-state index contributed by atoms with van der Waals surface area (Å²) >= 11 is 0. The molecule has 0 radical (unpaired) electrons. The number of hydrogen-bond acceptors (Lipinski definition) is 2. The number of aliphatic carboxylic acids is 1. The Labute approximate surface area is 67.6 Å². The van der Waals surface area contributed by atoms with Crippen molar-refractivity contribution in [1.29, 1.82) is 0 Å². The lowest BCUT2D eigenvalue weighted by Gasteiger charge is -2.21. The molecule has 0 aromatic heterocycles. The molecule has 0 heterocycles. The van der Waals surface area contributed by atoms with E-state index >= 15 is 0 Å². The first-order valence-corrected chi connectivity index (χ1v) is 3.99. The molecule has 3 nitrogen and oxygen atoms in total. The summed E-state index contributed by atoms with van der Waals surface area (Å²) < 4.78 is 0. The maximum Gasteiger partial charge on any atom is 0.307 e. The van der Waals surface area contributed by atoms with Gasteiger partial charge in [-0.05, 0) is 5.92 Å². The Balaban J connectivity index is 4.00. The first kappa shape index (κ1) is 10.4. The quantitative estimate of drug-likeness (QED) is 0.645. The summed E-state index contributed by atoms with van der Waals surface area (Å²) in [4.78, 5) is 10.5. The lowest BCUT2D eigenvalue weighted by molar-refractivity contribution is -0.142. The lowest BCUT2D eigenvalue weighted by atomic mass is 9.90. The van der Waals surface area contributed by atoms with Crippen molar-refractivity contribution in [1.82, 2.24) is 0 Å². The van der Waals surface area contributed by atoms with Crippen LogP contribution in [0.5, 0.6) is 0 Å². The molecule has 0 amide bonds. The summed E-state index contributed by atoms with van der Waals surface area (Å²) in [7, 11) is 0. The predicted molar refractivity (Wildman–Crippen MR) is 44.2 cm³/mol. The number of rotatable bonds is 4. The largest absolute Gasteiger partial charge is 0.481 e. The van der Waals surface area contributed by atoms with Crippen molar-refractivity contribution in [2.24, 2.45) is 17.6 Å². The van der Waals surface area contributed by atoms with Gasteiger partial charge in [0.25, 0.3) is 0 Å². The minimum atomic E-state index is -0.808. The van der Waals surface area contributed by atoms with Gasteiger partial charge in [0.05, 0.1) is 5.92 Å². The van der Waals surface area contributed by atoms with Gasteiger partial charge in [-0.2, -0.15) is 0 Å². The van der Waals surface area contributed by atoms with Gasteiger partial charge in [0, 0.05) is 6.04 Å². The van der Waals surface area contributed by atoms with E-state index in [0.29, 0.717) is 0 Å². The van der Waals surface area contributed by atoms with E-state index in [9.17, 15) is 4.79 Å². The standard InChI is InChI=1S/C8H17NO2/c1-4-5(2)7(9)6(3)8(10)11/h5-7H,4,9H2,1-3H3,(H,10,11). The van der Waals surface area contributed by atoms with Gasteiger partial charge in [-0.1, -0.05) is 27.2 Å². The first-order valence-electron chi connectivity index (χ1n) is 3.99. The summed E-state index contributed by atoms with van der Waals surface area (Å²) in [6.45, 7) is 5.64. The Morgan fingerprint density at radius 2 is 2.00 bits per heavy atom. The summed E-state index contributed by atoms with van der Waals surface area (Å²) in [6.07, 6.45) is 0.929. The summed E-state index contributed by atoms with van der Waals surface area (Å²) in [6, 6.07) is -0.225. The Hall–Kier alpha value is -0.570. The van der Waals surface area contributed by atoms with Crippen LogP contribution in [0.15, 0.2) is 0 Å². The van der Waals surface area contributed by atoms with Crippen LogP contribution in [0.1, 0.15) is 27.2 Å². The van der Waals surface area contributed by atoms with Crippen LogP contribution in [0.3, 0.4) is 0 Å². The number of carbonyl (C=O) groups is 1. The molecule has 3 atom stereocenters. The van der Waals surface area contributed by atoms with Gasteiger partial charge in [0.2, 0.25) is 0 Å². The number of hydrogen-bond donors (Lipinski definition) is 2. The lowest BCUT2D eigenvalue weighted by Crippen LogP contribution is -2.38. The van der Waals surface area contributed by atoms with E-state index in [0.717, 1.165) is 6.42 Å². The number of nitrogens with two attached hydrogens (primary N) is 1. The van der Waals surface area contributed by atoms with E-state index in [4.69, 9.17) is 10.8 Å². The second kappa shape index (κ2) is 4.34. The fourth-order valence-electron chi connectivity index (χ4n) is 0.930. The third kappa shape index (κ3) is 2.89. The minimum absolute atomic E-state index is 0.225. The molecule has 11 heavy (non-hydrogen) atoms. The first-order chi connectivity index (χ1) is 5.00. The van der Waals surface area contributed by atoms with Crippen LogP contribution in [0.2, 0.25) is 0 Å². The molecule has 0 spiro atoms. The van der Waals surface area contributed by atoms with E-state index in [1.807, 2.05) is 13.8 Å². The normalized spacial score (nSPS) is 18.9. The van der Waals surface area contributed by atoms with Crippen molar-refractivity contribution in [2.75, 3.05) is 0 Å². The SMILES string of the molecule is CCC(C)C(N)C(C)C(=O)O. The molecule has 0 aromatic rings. The van der Waals surface area contributed by atoms with Crippen molar-refractivity contribution in [3.05, 3.63) is 0 Å². The molecule has 0 fully saturated rings. The Bertz CT molecular complexity index is 136. The molecule has 3 unspecified atom stereocenters. The minimum Gasteiger partial charge on any atom is -0.481 e. The van der Waals surface area contributed by atoms with E-state index in [1.165, 1.54) is 0 Å². The highest BCUT2D eigenvalue weighted by atomic mass is 16.4. The molecule has 3 N–H and O–H groups in total. The van der Waals surface area contributed by atoms with E-state index in [-0.39, 0.29) is 12.0 Å². The van der Waals surface area contributed by atoms with Gasteiger partial charge in [-0.3, -0.25) is 4.79 Å². The number of carboxylic acids is 1. The maximum absolute atomic E-state index is 10.5. The topological polar surface area (TPSA) is 63.3 Å². The molecule has 0 aliphatic carbocycles. The van der Waals surface area contributed by atoms with Crippen LogP contribution in [-0.4, -0.2) is 17.1 Å². The third-order valence-electron chi connectivity index (χ3n) is 2.27. The van der Waals surface area contributed by atoms with E-state index in [2.05, 4.69) is 0 Å². The summed E-state index contributed by atoms with van der Waals surface area (Å²) in [5.74, 6) is -0.969. The van der Waals surface area contributed by atoms with Crippen LogP contribution in [0.25, 0.3) is 0 Å². The molecule has 66 valence electrons. The van der Waals surface area contributed by atoms with Crippen LogP contribution in [-0.2, 0) is 4.79 Å². The molecule has 0 bridgehead atoms. The molecule has 0 rings (SSSR count). The van der Waals surface area contributed by atoms with E-state index < -0.39 is 11.9 Å². The van der Waals surface area contributed by atoms with Gasteiger partial charge < -0.3 is 10.8 Å². The molecule has 0 saturated carbocycles. The Morgan fingerprint density at radius 1 is 1.55 bits per heavy atom. The van der Waals surface area contributed by atoms with Gasteiger partial charge in [-0.15, -0.1) is 0 Å². The van der Waals surface area contributed by atoms with Gasteiger partial charge in [0.1, 0.15) is 0 Å². The zero-order valence-corrected chi connectivity index (χ0v) is 7.37. The highest BCUT2D eigenvalue weighted by Gasteiger charge is 2.23. The monoisotopic (exact) mass is 159 g/mol. The Morgan fingerprint density at radius 3 is 2.27 bits per heavy atom. The molecule has 0 aliphatic rings. The fraction of sp³-hybridized carbons (Fsp3) is 0.875. The second-order valence-corrected chi connectivity index (χ2v) is 3.09. The highest BCUT2D eigenvalue weighted by molar-refractivity contribution is 5.70. The van der Waals surface area contributed by atoms with E-state index in [1.54, 1.807) is 6.92 Å². The molecule has 0 aliphatic heterocycles. The predicted octanol–water partition coefficient (Wildman–Crippen LogP) is 1.08. The van der Waals surface area contributed by atoms with Crippen LogP contribution in [0, 0.1) is 11.8 Å². The third-order valence-corrected chi connectivity index (χ3v) is 2.27. The van der Waals surface area contributed by atoms with Crippen molar-refractivity contribution in [3.63, 3.8) is 0 Å². The van der Waals surface area contributed by atoms with Crippen LogP contribution in [0.4, 0.5) is 0 Å².